The fourth-order valence-corrected chi connectivity index (χ4v) is 6.74. The monoisotopic (exact) mass is 436 g/mol. The molecule has 30 heavy (non-hydrogen) atoms. The Balaban J connectivity index is 1.47. The Morgan fingerprint density at radius 2 is 1.83 bits per heavy atom. The highest BCUT2D eigenvalue weighted by molar-refractivity contribution is 6.76. The van der Waals surface area contributed by atoms with Gasteiger partial charge in [0.2, 0.25) is 0 Å². The van der Waals surface area contributed by atoms with Gasteiger partial charge in [-0.2, -0.15) is 0 Å². The Bertz CT molecular complexity index is 644. The van der Waals surface area contributed by atoms with Crippen molar-refractivity contribution in [2.45, 2.75) is 77.2 Å². The van der Waals surface area contributed by atoms with Crippen molar-refractivity contribution in [2.24, 2.45) is 29.6 Å². The molecule has 2 N–H and O–H groups in total. The number of carbonyl (C=O) groups is 2. The summed E-state index contributed by atoms with van der Waals surface area (Å²) in [7, 11) is -1.21. The predicted octanol–water partition coefficient (Wildman–Crippen LogP) is 5.14. The molecule has 0 aromatic carbocycles. The maximum absolute atomic E-state index is 12.2. The molecule has 170 valence electrons. The number of alkyl carbamates (subject to hydrolysis) is 2. The summed E-state index contributed by atoms with van der Waals surface area (Å²) in [5, 5.41) is 5.87. The summed E-state index contributed by atoms with van der Waals surface area (Å²) < 4.78 is 10.4. The number of hydrogen-bond acceptors (Lipinski definition) is 4. The number of hydrogen-bond donors (Lipinski definition) is 2. The summed E-state index contributed by atoms with van der Waals surface area (Å²) in [6, 6.07) is 0.951. The van der Waals surface area contributed by atoms with Crippen LogP contribution in [0.4, 0.5) is 9.59 Å². The van der Waals surface area contributed by atoms with Gasteiger partial charge in [-0.15, -0.1) is 0 Å². The molecule has 0 heterocycles. The molecule has 4 bridgehead atoms. The lowest BCUT2D eigenvalue weighted by Gasteiger charge is -2.34. The highest BCUT2D eigenvalue weighted by Gasteiger charge is 2.53. The van der Waals surface area contributed by atoms with Crippen LogP contribution in [0.3, 0.4) is 0 Å². The second-order valence-electron chi connectivity index (χ2n) is 11.0. The van der Waals surface area contributed by atoms with Gasteiger partial charge >= 0.3 is 12.2 Å². The second-order valence-corrected chi connectivity index (χ2v) is 16.6. The Morgan fingerprint density at radius 1 is 1.10 bits per heavy atom. The molecule has 2 amide bonds. The zero-order chi connectivity index (χ0) is 21.9. The van der Waals surface area contributed by atoms with Crippen LogP contribution >= 0.6 is 0 Å². The molecule has 4 aliphatic rings. The number of nitrogens with one attached hydrogen (secondary N) is 2. The first-order valence-corrected chi connectivity index (χ1v) is 15.4. The van der Waals surface area contributed by atoms with Crippen molar-refractivity contribution < 1.29 is 19.1 Å². The molecule has 0 radical (unpaired) electrons. The van der Waals surface area contributed by atoms with Crippen molar-refractivity contribution in [3.05, 3.63) is 12.3 Å². The third-order valence-corrected chi connectivity index (χ3v) is 8.94. The molecular formula is C23H40N2O4Si. The van der Waals surface area contributed by atoms with Crippen molar-refractivity contribution in [1.29, 1.82) is 0 Å². The van der Waals surface area contributed by atoms with E-state index in [2.05, 4.69) is 36.9 Å². The molecule has 0 spiro atoms. The van der Waals surface area contributed by atoms with Crippen LogP contribution < -0.4 is 10.6 Å². The van der Waals surface area contributed by atoms with E-state index in [1.165, 1.54) is 25.7 Å². The quantitative estimate of drug-likeness (QED) is 0.367. The van der Waals surface area contributed by atoms with Crippen LogP contribution in [0.25, 0.3) is 0 Å². The van der Waals surface area contributed by atoms with Crippen LogP contribution in [0.15, 0.2) is 12.3 Å². The molecule has 0 aliphatic heterocycles. The van der Waals surface area contributed by atoms with Crippen molar-refractivity contribution in [3.8, 4) is 0 Å². The van der Waals surface area contributed by atoms with Gasteiger partial charge in [-0.25, -0.2) is 9.59 Å². The van der Waals surface area contributed by atoms with Crippen molar-refractivity contribution in [2.75, 3.05) is 13.2 Å². The van der Waals surface area contributed by atoms with Crippen LogP contribution in [-0.2, 0) is 9.47 Å². The van der Waals surface area contributed by atoms with Gasteiger partial charge in [-0.1, -0.05) is 26.2 Å². The molecule has 0 aromatic heterocycles. The molecule has 4 saturated carbocycles. The van der Waals surface area contributed by atoms with Gasteiger partial charge in [0.05, 0.1) is 12.4 Å². The molecule has 0 saturated heterocycles. The smallest absolute Gasteiger partial charge is 0.412 e. The highest BCUT2D eigenvalue weighted by Crippen LogP contribution is 2.62. The Hall–Kier alpha value is -1.50. The largest absolute Gasteiger partial charge is 0.450 e. The molecule has 6 nitrogen and oxygen atoms in total. The molecule has 0 unspecified atom stereocenters. The fraction of sp³-hybridized carbons (Fsp3) is 0.826. The zero-order valence-corrected chi connectivity index (χ0v) is 20.2. The van der Waals surface area contributed by atoms with Gasteiger partial charge in [-0.3, -0.25) is 0 Å². The Kier molecular flexibility index (Phi) is 7.53. The van der Waals surface area contributed by atoms with E-state index in [0.717, 1.165) is 36.1 Å². The van der Waals surface area contributed by atoms with Crippen molar-refractivity contribution in [3.63, 3.8) is 0 Å². The Labute approximate surface area is 182 Å². The second kappa shape index (κ2) is 9.75. The van der Waals surface area contributed by atoms with Gasteiger partial charge in [0, 0.05) is 20.7 Å². The van der Waals surface area contributed by atoms with E-state index < -0.39 is 14.2 Å². The Morgan fingerprint density at radius 3 is 2.50 bits per heavy atom. The summed E-state index contributed by atoms with van der Waals surface area (Å²) in [4.78, 5) is 24.2. The lowest BCUT2D eigenvalue weighted by Crippen LogP contribution is -2.41. The van der Waals surface area contributed by atoms with Gasteiger partial charge in [0.1, 0.15) is 0 Å². The maximum atomic E-state index is 12.2. The van der Waals surface area contributed by atoms with Crippen LogP contribution in [0, 0.1) is 29.6 Å². The van der Waals surface area contributed by atoms with Crippen LogP contribution in [0.2, 0.25) is 25.7 Å². The summed E-state index contributed by atoms with van der Waals surface area (Å²) in [6.45, 7) is 13.1. The topological polar surface area (TPSA) is 76.7 Å². The van der Waals surface area contributed by atoms with E-state index in [9.17, 15) is 9.59 Å². The normalized spacial score (nSPS) is 30.1. The van der Waals surface area contributed by atoms with Gasteiger partial charge in [0.15, 0.2) is 0 Å². The number of ether oxygens (including phenoxy) is 2. The summed E-state index contributed by atoms with van der Waals surface area (Å²) in [6.07, 6.45) is 6.36. The average molecular weight is 437 g/mol. The van der Waals surface area contributed by atoms with Gasteiger partial charge < -0.3 is 20.1 Å². The lowest BCUT2D eigenvalue weighted by molar-refractivity contribution is 0.146. The fourth-order valence-electron chi connectivity index (χ4n) is 6.03. The number of allylic oxidation sites excluding steroid dienone is 1. The first-order valence-electron chi connectivity index (χ1n) is 11.6. The standard InChI is InChI=1S/C23H40N2O4Si/c1-15(2)29-23(27)25-19(6-7-24-22(26)28-8-9-30(3,4)5)14-21-18-11-16-10-17(13-18)20(21)12-16/h16-21H,1,6-14H2,2-5H3,(H,24,26)(H,25,27)/t16-,17-,18-,19+,20-,21-/m0/s1. The first kappa shape index (κ1) is 23.2. The van der Waals surface area contributed by atoms with E-state index in [1.54, 1.807) is 6.92 Å². The predicted molar refractivity (Wildman–Crippen MR) is 121 cm³/mol. The first-order chi connectivity index (χ1) is 14.1. The molecule has 6 atom stereocenters. The number of rotatable bonds is 10. The van der Waals surface area contributed by atoms with E-state index in [-0.39, 0.29) is 12.1 Å². The number of carbonyl (C=O) groups excluding carboxylic acids is 2. The molecule has 4 fully saturated rings. The third kappa shape index (κ3) is 6.50. The lowest BCUT2D eigenvalue weighted by atomic mass is 9.73. The van der Waals surface area contributed by atoms with Crippen LogP contribution in [0.5, 0.6) is 0 Å². The van der Waals surface area contributed by atoms with E-state index in [4.69, 9.17) is 9.47 Å². The molecular weight excluding hydrogens is 396 g/mol. The molecule has 4 aliphatic carbocycles. The minimum Gasteiger partial charge on any atom is -0.450 e. The minimum absolute atomic E-state index is 0.0115. The summed E-state index contributed by atoms with van der Waals surface area (Å²) >= 11 is 0. The van der Waals surface area contributed by atoms with Crippen molar-refractivity contribution in [1.82, 2.24) is 10.6 Å². The molecule has 4 rings (SSSR count). The van der Waals surface area contributed by atoms with Crippen molar-refractivity contribution >= 4 is 20.3 Å². The average Bonchev–Trinajstić information content (AvgIpc) is 3.01. The molecule has 7 heteroatoms. The van der Waals surface area contributed by atoms with E-state index >= 15 is 0 Å². The SMILES string of the molecule is C=C(C)OC(=O)N[C@H](CCNC(=O)OCC[Si](C)(C)C)C[C@H]1[C@H]2C[C@@H]3C[C@@H](C2)[C@@H]1C3. The van der Waals surface area contributed by atoms with E-state index in [0.29, 0.717) is 31.2 Å². The van der Waals surface area contributed by atoms with E-state index in [1.807, 2.05) is 0 Å². The highest BCUT2D eigenvalue weighted by atomic mass is 28.3. The summed E-state index contributed by atoms with van der Waals surface area (Å²) in [5.74, 6) is 4.56. The zero-order valence-electron chi connectivity index (χ0n) is 19.2. The maximum Gasteiger partial charge on any atom is 0.412 e. The van der Waals surface area contributed by atoms with Crippen LogP contribution in [-0.4, -0.2) is 39.5 Å². The van der Waals surface area contributed by atoms with Crippen LogP contribution in [0.1, 0.15) is 45.4 Å². The minimum atomic E-state index is -1.21. The third-order valence-electron chi connectivity index (χ3n) is 7.24. The van der Waals surface area contributed by atoms with Gasteiger partial charge in [-0.05, 0) is 81.1 Å². The van der Waals surface area contributed by atoms with Gasteiger partial charge in [0.25, 0.3) is 0 Å². The summed E-state index contributed by atoms with van der Waals surface area (Å²) in [5.41, 5.74) is 0. The number of amides is 2. The molecule has 0 aromatic rings.